The lowest BCUT2D eigenvalue weighted by Gasteiger charge is -2.25. The molecule has 1 saturated carbocycles. The Morgan fingerprint density at radius 2 is 2.14 bits per heavy atom. The normalized spacial score (nSPS) is 21.9. The van der Waals surface area contributed by atoms with E-state index in [0.717, 1.165) is 23.9 Å². The van der Waals surface area contributed by atoms with Crippen LogP contribution in [0.4, 0.5) is 4.79 Å². The van der Waals surface area contributed by atoms with E-state index in [0.29, 0.717) is 5.75 Å². The van der Waals surface area contributed by atoms with Gasteiger partial charge in [0.2, 0.25) is 0 Å². The van der Waals surface area contributed by atoms with E-state index in [9.17, 15) is 4.79 Å². The van der Waals surface area contributed by atoms with Crippen LogP contribution in [-0.2, 0) is 4.74 Å². The number of carbonyl (C=O) groups excluding carboxylic acids is 1. The number of nitrogens with zero attached hydrogens (tertiary/aromatic N) is 1. The van der Waals surface area contributed by atoms with Crippen molar-refractivity contribution in [3.05, 3.63) is 22.9 Å². The van der Waals surface area contributed by atoms with Crippen molar-refractivity contribution in [2.24, 2.45) is 0 Å². The summed E-state index contributed by atoms with van der Waals surface area (Å²) in [5.41, 5.74) is -0.491. The zero-order chi connectivity index (χ0) is 15.5. The van der Waals surface area contributed by atoms with E-state index in [4.69, 9.17) is 9.47 Å². The van der Waals surface area contributed by atoms with Gasteiger partial charge in [-0.2, -0.15) is 0 Å². The summed E-state index contributed by atoms with van der Waals surface area (Å²) in [6.07, 6.45) is 4.07. The van der Waals surface area contributed by atoms with E-state index < -0.39 is 11.7 Å². The Hall–Kier alpha value is -1.30. The summed E-state index contributed by atoms with van der Waals surface area (Å²) in [5.74, 6) is 0.709. The van der Waals surface area contributed by atoms with Gasteiger partial charge in [-0.25, -0.2) is 9.78 Å². The summed E-state index contributed by atoms with van der Waals surface area (Å²) in [4.78, 5) is 16.0. The van der Waals surface area contributed by atoms with Crippen LogP contribution in [0, 0.1) is 0 Å². The molecule has 1 amide bonds. The molecule has 2 atom stereocenters. The van der Waals surface area contributed by atoms with Gasteiger partial charge in [0.15, 0.2) is 0 Å². The number of carbonyl (C=O) groups is 1. The van der Waals surface area contributed by atoms with Crippen LogP contribution in [0.25, 0.3) is 0 Å². The maximum atomic E-state index is 11.8. The average molecular weight is 357 g/mol. The smallest absolute Gasteiger partial charge is 0.408 e. The fourth-order valence-electron chi connectivity index (χ4n) is 2.30. The van der Waals surface area contributed by atoms with Crippen molar-refractivity contribution >= 4 is 22.0 Å². The first kappa shape index (κ1) is 16.1. The number of alkyl carbamates (subject to hydrolysis) is 1. The van der Waals surface area contributed by atoms with Crippen molar-refractivity contribution in [2.75, 3.05) is 0 Å². The number of ether oxygens (including phenoxy) is 2. The van der Waals surface area contributed by atoms with Crippen molar-refractivity contribution in [1.82, 2.24) is 10.3 Å². The summed E-state index contributed by atoms with van der Waals surface area (Å²) in [7, 11) is 0. The van der Waals surface area contributed by atoms with E-state index >= 15 is 0 Å². The summed E-state index contributed by atoms with van der Waals surface area (Å²) in [6.45, 7) is 5.55. The molecule has 0 bridgehead atoms. The Morgan fingerprint density at radius 3 is 2.76 bits per heavy atom. The molecule has 2 rings (SSSR count). The molecule has 6 heteroatoms. The Balaban J connectivity index is 1.91. The molecule has 0 saturated heterocycles. The topological polar surface area (TPSA) is 60.5 Å². The number of aromatic nitrogens is 1. The second-order valence-electron chi connectivity index (χ2n) is 6.16. The minimum absolute atomic E-state index is 0.0245. The minimum Gasteiger partial charge on any atom is -0.487 e. The number of hydrogen-bond donors (Lipinski definition) is 1. The van der Waals surface area contributed by atoms with Crippen molar-refractivity contribution in [3.8, 4) is 5.75 Å². The fourth-order valence-corrected chi connectivity index (χ4v) is 2.53. The van der Waals surface area contributed by atoms with Gasteiger partial charge in [-0.1, -0.05) is 0 Å². The molecular weight excluding hydrogens is 336 g/mol. The Labute approximate surface area is 133 Å². The highest BCUT2D eigenvalue weighted by molar-refractivity contribution is 9.10. The maximum absolute atomic E-state index is 11.8. The highest BCUT2D eigenvalue weighted by atomic mass is 79.9. The summed E-state index contributed by atoms with van der Waals surface area (Å²) in [6, 6.07) is 3.67. The number of pyridine rings is 1. The zero-order valence-electron chi connectivity index (χ0n) is 12.6. The summed E-state index contributed by atoms with van der Waals surface area (Å²) >= 11 is 3.29. The quantitative estimate of drug-likeness (QED) is 0.839. The third kappa shape index (κ3) is 5.19. The van der Waals surface area contributed by atoms with Gasteiger partial charge in [-0.15, -0.1) is 0 Å². The molecule has 1 aromatic heterocycles. The van der Waals surface area contributed by atoms with Crippen LogP contribution in [0.2, 0.25) is 0 Å². The molecule has 0 radical (unpaired) electrons. The third-order valence-electron chi connectivity index (χ3n) is 3.14. The number of hydrogen-bond acceptors (Lipinski definition) is 4. The second-order valence-corrected chi connectivity index (χ2v) is 6.97. The van der Waals surface area contributed by atoms with E-state index in [1.54, 1.807) is 6.20 Å². The van der Waals surface area contributed by atoms with Gasteiger partial charge < -0.3 is 14.8 Å². The molecule has 1 aliphatic carbocycles. The van der Waals surface area contributed by atoms with Gasteiger partial charge in [-0.05, 0) is 68.1 Å². The first-order valence-corrected chi connectivity index (χ1v) is 7.90. The Bertz CT molecular complexity index is 485. The van der Waals surface area contributed by atoms with Crippen molar-refractivity contribution in [2.45, 2.75) is 57.8 Å². The molecule has 0 unspecified atom stereocenters. The molecule has 1 aliphatic rings. The summed E-state index contributed by atoms with van der Waals surface area (Å²) < 4.78 is 12.0. The molecule has 0 aliphatic heterocycles. The maximum Gasteiger partial charge on any atom is 0.408 e. The lowest BCUT2D eigenvalue weighted by Crippen LogP contribution is -2.44. The number of nitrogens with one attached hydrogen (secondary N) is 1. The predicted molar refractivity (Wildman–Crippen MR) is 83.4 cm³/mol. The molecule has 21 heavy (non-hydrogen) atoms. The molecule has 1 N–H and O–H groups in total. The molecule has 5 nitrogen and oxygen atoms in total. The van der Waals surface area contributed by atoms with Crippen LogP contribution < -0.4 is 10.1 Å². The van der Waals surface area contributed by atoms with Gasteiger partial charge in [0, 0.05) is 0 Å². The van der Waals surface area contributed by atoms with Gasteiger partial charge in [0.05, 0.1) is 12.2 Å². The lowest BCUT2D eigenvalue weighted by molar-refractivity contribution is 0.0464. The SMILES string of the molecule is CC(C)(C)OC(=O)N[C@@H]1CCC[C@@H]1Oc1ccc(Br)nc1. The molecular formula is C15H21BrN2O3. The van der Waals surface area contributed by atoms with Crippen LogP contribution in [0.5, 0.6) is 5.75 Å². The largest absolute Gasteiger partial charge is 0.487 e. The third-order valence-corrected chi connectivity index (χ3v) is 3.61. The molecule has 0 aromatic carbocycles. The Morgan fingerprint density at radius 1 is 1.38 bits per heavy atom. The van der Waals surface area contributed by atoms with E-state index in [-0.39, 0.29) is 12.1 Å². The molecule has 0 spiro atoms. The van der Waals surface area contributed by atoms with E-state index in [2.05, 4.69) is 26.2 Å². The number of halogens is 1. The average Bonchev–Trinajstić information content (AvgIpc) is 2.77. The van der Waals surface area contributed by atoms with E-state index in [1.165, 1.54) is 0 Å². The van der Waals surface area contributed by atoms with Crippen LogP contribution in [-0.4, -0.2) is 28.8 Å². The minimum atomic E-state index is -0.491. The van der Waals surface area contributed by atoms with Crippen molar-refractivity contribution in [1.29, 1.82) is 0 Å². The van der Waals surface area contributed by atoms with Crippen molar-refractivity contribution < 1.29 is 14.3 Å². The second kappa shape index (κ2) is 6.64. The first-order valence-electron chi connectivity index (χ1n) is 7.11. The fraction of sp³-hybridized carbons (Fsp3) is 0.600. The van der Waals surface area contributed by atoms with Crippen LogP contribution in [0.3, 0.4) is 0 Å². The van der Waals surface area contributed by atoms with Crippen LogP contribution in [0.1, 0.15) is 40.0 Å². The predicted octanol–water partition coefficient (Wildman–Crippen LogP) is 3.67. The van der Waals surface area contributed by atoms with Crippen LogP contribution >= 0.6 is 15.9 Å². The molecule has 1 aromatic rings. The Kier molecular flexibility index (Phi) is 5.08. The molecule has 1 fully saturated rings. The van der Waals surface area contributed by atoms with Crippen molar-refractivity contribution in [3.63, 3.8) is 0 Å². The highest BCUT2D eigenvalue weighted by Gasteiger charge is 2.31. The van der Waals surface area contributed by atoms with Gasteiger partial charge in [-0.3, -0.25) is 0 Å². The van der Waals surface area contributed by atoms with Gasteiger partial charge in [0.25, 0.3) is 0 Å². The van der Waals surface area contributed by atoms with Gasteiger partial charge >= 0.3 is 6.09 Å². The number of amides is 1. The van der Waals surface area contributed by atoms with Crippen LogP contribution in [0.15, 0.2) is 22.9 Å². The summed E-state index contributed by atoms with van der Waals surface area (Å²) in [5, 5.41) is 2.90. The molecule has 116 valence electrons. The van der Waals surface area contributed by atoms with Gasteiger partial charge in [0.1, 0.15) is 22.1 Å². The zero-order valence-corrected chi connectivity index (χ0v) is 14.1. The lowest BCUT2D eigenvalue weighted by atomic mass is 10.2. The number of rotatable bonds is 3. The first-order chi connectivity index (χ1) is 9.83. The highest BCUT2D eigenvalue weighted by Crippen LogP contribution is 2.25. The standard InChI is InChI=1S/C15H21BrN2O3/c1-15(2,3)21-14(19)18-11-5-4-6-12(11)20-10-7-8-13(16)17-9-10/h7-9,11-12H,4-6H2,1-3H3,(H,18,19)/t11-,12+/m1/s1. The monoisotopic (exact) mass is 356 g/mol. The molecule has 1 heterocycles. The van der Waals surface area contributed by atoms with E-state index in [1.807, 2.05) is 32.9 Å².